The molecule has 0 aromatic heterocycles. The van der Waals surface area contributed by atoms with E-state index in [1.165, 1.54) is 6.07 Å². The van der Waals surface area contributed by atoms with Crippen LogP contribution in [0.15, 0.2) is 72.8 Å². The number of carbonyl (C=O) groups excluding carboxylic acids is 1. The Kier molecular flexibility index (Phi) is 7.46. The number of nitrogens with zero attached hydrogens (tertiary/aromatic N) is 1. The molecule has 3 atom stereocenters. The van der Waals surface area contributed by atoms with Crippen molar-refractivity contribution in [1.29, 1.82) is 0 Å². The summed E-state index contributed by atoms with van der Waals surface area (Å²) in [5, 5.41) is 3.93. The number of amides is 1. The van der Waals surface area contributed by atoms with Gasteiger partial charge in [0.15, 0.2) is 0 Å². The Morgan fingerprint density at radius 2 is 1.82 bits per heavy atom. The third-order valence-electron chi connectivity index (χ3n) is 6.56. The van der Waals surface area contributed by atoms with Gasteiger partial charge in [0, 0.05) is 24.7 Å². The average molecular weight is 465 g/mol. The van der Waals surface area contributed by atoms with Crippen molar-refractivity contribution in [2.45, 2.75) is 38.8 Å². The van der Waals surface area contributed by atoms with Crippen molar-refractivity contribution in [2.24, 2.45) is 5.92 Å². The topological polar surface area (TPSA) is 32.3 Å². The van der Waals surface area contributed by atoms with E-state index in [-0.39, 0.29) is 29.6 Å². The van der Waals surface area contributed by atoms with Gasteiger partial charge in [0.1, 0.15) is 5.82 Å². The predicted octanol–water partition coefficient (Wildman–Crippen LogP) is 6.27. The summed E-state index contributed by atoms with van der Waals surface area (Å²) in [6.45, 7) is 5.94. The Balaban J connectivity index is 1.55. The SMILES string of the molecule is Cc1cc([C@@H]2C[C@@H](C(=O)N[C@H](C)c3ccccc3)CN(Cc3ccccc3Cl)C2)ccc1F. The second-order valence-corrected chi connectivity index (χ2v) is 9.47. The number of piperidine rings is 1. The maximum atomic E-state index is 13.9. The van der Waals surface area contributed by atoms with Gasteiger partial charge in [-0.3, -0.25) is 9.69 Å². The third-order valence-corrected chi connectivity index (χ3v) is 6.93. The van der Waals surface area contributed by atoms with Crippen molar-refractivity contribution in [2.75, 3.05) is 13.1 Å². The molecule has 0 saturated carbocycles. The van der Waals surface area contributed by atoms with Crippen LogP contribution in [0.4, 0.5) is 4.39 Å². The standard InChI is InChI=1S/C28H30ClFN2O/c1-19-14-22(12-13-27(19)30)24-15-25(28(33)31-20(2)21-8-4-3-5-9-21)18-32(17-24)16-23-10-6-7-11-26(23)29/h3-14,20,24-25H,15-18H2,1-2H3,(H,31,33)/t20-,24-,25-/m1/s1. The van der Waals surface area contributed by atoms with Gasteiger partial charge in [-0.2, -0.15) is 0 Å². The molecule has 0 aliphatic carbocycles. The van der Waals surface area contributed by atoms with Crippen molar-refractivity contribution in [3.63, 3.8) is 0 Å². The average Bonchev–Trinajstić information content (AvgIpc) is 2.82. The molecule has 1 saturated heterocycles. The van der Waals surface area contributed by atoms with Crippen LogP contribution >= 0.6 is 11.6 Å². The minimum Gasteiger partial charge on any atom is -0.349 e. The molecule has 33 heavy (non-hydrogen) atoms. The van der Waals surface area contributed by atoms with Crippen LogP contribution in [0.5, 0.6) is 0 Å². The molecule has 0 unspecified atom stereocenters. The highest BCUT2D eigenvalue weighted by Crippen LogP contribution is 2.33. The van der Waals surface area contributed by atoms with E-state index < -0.39 is 0 Å². The van der Waals surface area contributed by atoms with Crippen molar-refractivity contribution in [3.05, 3.63) is 106 Å². The Bertz CT molecular complexity index is 1100. The zero-order valence-electron chi connectivity index (χ0n) is 19.1. The van der Waals surface area contributed by atoms with Crippen LogP contribution in [-0.2, 0) is 11.3 Å². The molecule has 1 heterocycles. The van der Waals surface area contributed by atoms with Crippen molar-refractivity contribution in [1.82, 2.24) is 10.2 Å². The molecular weight excluding hydrogens is 435 g/mol. The number of rotatable bonds is 6. The molecule has 4 rings (SSSR count). The monoisotopic (exact) mass is 464 g/mol. The number of carbonyl (C=O) groups is 1. The lowest BCUT2D eigenvalue weighted by atomic mass is 9.83. The van der Waals surface area contributed by atoms with E-state index in [1.54, 1.807) is 6.92 Å². The molecule has 3 aromatic rings. The molecule has 0 bridgehead atoms. The normalized spacial score (nSPS) is 19.8. The number of halogens is 2. The van der Waals surface area contributed by atoms with Gasteiger partial charge in [0.05, 0.1) is 12.0 Å². The lowest BCUT2D eigenvalue weighted by Crippen LogP contribution is -2.45. The number of aryl methyl sites for hydroxylation is 1. The van der Waals surface area contributed by atoms with Crippen LogP contribution in [0.3, 0.4) is 0 Å². The summed E-state index contributed by atoms with van der Waals surface area (Å²) < 4.78 is 13.9. The second-order valence-electron chi connectivity index (χ2n) is 9.06. The quantitative estimate of drug-likeness (QED) is 0.466. The Labute approximate surface area is 200 Å². The first-order valence-corrected chi connectivity index (χ1v) is 11.9. The van der Waals surface area contributed by atoms with Crippen molar-refractivity contribution >= 4 is 17.5 Å². The molecule has 1 aliphatic heterocycles. The fourth-order valence-corrected chi connectivity index (χ4v) is 4.89. The maximum Gasteiger partial charge on any atom is 0.224 e. The zero-order chi connectivity index (χ0) is 23.4. The number of nitrogens with one attached hydrogen (secondary N) is 1. The summed E-state index contributed by atoms with van der Waals surface area (Å²) >= 11 is 6.42. The summed E-state index contributed by atoms with van der Waals surface area (Å²) in [4.78, 5) is 15.6. The summed E-state index contributed by atoms with van der Waals surface area (Å²) in [5.74, 6) is -0.168. The fraction of sp³-hybridized carbons (Fsp3) is 0.321. The van der Waals surface area contributed by atoms with E-state index in [4.69, 9.17) is 11.6 Å². The van der Waals surface area contributed by atoms with Crippen LogP contribution in [0.2, 0.25) is 5.02 Å². The Morgan fingerprint density at radius 1 is 1.09 bits per heavy atom. The molecule has 1 N–H and O–H groups in total. The highest BCUT2D eigenvalue weighted by molar-refractivity contribution is 6.31. The van der Waals surface area contributed by atoms with E-state index in [0.717, 1.165) is 34.7 Å². The van der Waals surface area contributed by atoms with E-state index in [2.05, 4.69) is 10.2 Å². The summed E-state index contributed by atoms with van der Waals surface area (Å²) in [6, 6.07) is 23.1. The molecule has 1 aliphatic rings. The lowest BCUT2D eigenvalue weighted by molar-refractivity contribution is -0.127. The highest BCUT2D eigenvalue weighted by atomic mass is 35.5. The fourth-order valence-electron chi connectivity index (χ4n) is 4.70. The first-order chi connectivity index (χ1) is 15.9. The maximum absolute atomic E-state index is 13.9. The lowest BCUT2D eigenvalue weighted by Gasteiger charge is -2.38. The van der Waals surface area contributed by atoms with Crippen LogP contribution < -0.4 is 5.32 Å². The van der Waals surface area contributed by atoms with Crippen LogP contribution in [0, 0.1) is 18.7 Å². The molecule has 3 aromatic carbocycles. The second kappa shape index (κ2) is 10.5. The van der Waals surface area contributed by atoms with E-state index >= 15 is 0 Å². The van der Waals surface area contributed by atoms with Gasteiger partial charge in [-0.1, -0.05) is 72.3 Å². The minimum atomic E-state index is -0.200. The molecule has 172 valence electrons. The molecule has 1 amide bonds. The molecule has 0 spiro atoms. The number of hydrogen-bond acceptors (Lipinski definition) is 2. The molecule has 0 radical (unpaired) electrons. The number of benzene rings is 3. The van der Waals surface area contributed by atoms with Crippen molar-refractivity contribution in [3.8, 4) is 0 Å². The zero-order valence-corrected chi connectivity index (χ0v) is 19.9. The Hall–Kier alpha value is -2.69. The van der Waals surface area contributed by atoms with Crippen LogP contribution in [0.25, 0.3) is 0 Å². The summed E-state index contributed by atoms with van der Waals surface area (Å²) in [7, 11) is 0. The van der Waals surface area contributed by atoms with Gasteiger partial charge in [0.25, 0.3) is 0 Å². The van der Waals surface area contributed by atoms with Gasteiger partial charge in [-0.15, -0.1) is 0 Å². The van der Waals surface area contributed by atoms with Gasteiger partial charge in [-0.05, 0) is 60.6 Å². The summed E-state index contributed by atoms with van der Waals surface area (Å²) in [6.07, 6.45) is 0.734. The number of likely N-dealkylation sites (tertiary alicyclic amines) is 1. The third kappa shape index (κ3) is 5.82. The predicted molar refractivity (Wildman–Crippen MR) is 132 cm³/mol. The van der Waals surface area contributed by atoms with Gasteiger partial charge in [0.2, 0.25) is 5.91 Å². The van der Waals surface area contributed by atoms with Gasteiger partial charge < -0.3 is 5.32 Å². The first-order valence-electron chi connectivity index (χ1n) is 11.5. The first kappa shape index (κ1) is 23.5. The largest absolute Gasteiger partial charge is 0.349 e. The van der Waals surface area contributed by atoms with Crippen LogP contribution in [0.1, 0.15) is 47.6 Å². The molecular formula is C28H30ClFN2O. The summed E-state index contributed by atoms with van der Waals surface area (Å²) in [5.41, 5.74) is 3.84. The van der Waals surface area contributed by atoms with Gasteiger partial charge in [-0.25, -0.2) is 4.39 Å². The number of hydrogen-bond donors (Lipinski definition) is 1. The van der Waals surface area contributed by atoms with E-state index in [0.29, 0.717) is 18.7 Å². The molecule has 5 heteroatoms. The molecule has 1 fully saturated rings. The minimum absolute atomic E-state index is 0.0547. The van der Waals surface area contributed by atoms with E-state index in [9.17, 15) is 9.18 Å². The molecule has 3 nitrogen and oxygen atoms in total. The Morgan fingerprint density at radius 3 is 2.55 bits per heavy atom. The van der Waals surface area contributed by atoms with E-state index in [1.807, 2.05) is 73.7 Å². The van der Waals surface area contributed by atoms with Gasteiger partial charge >= 0.3 is 0 Å². The smallest absolute Gasteiger partial charge is 0.224 e. The van der Waals surface area contributed by atoms with Crippen LogP contribution in [-0.4, -0.2) is 23.9 Å². The van der Waals surface area contributed by atoms with Crippen molar-refractivity contribution < 1.29 is 9.18 Å². The highest BCUT2D eigenvalue weighted by Gasteiger charge is 2.33.